The molecule has 2 aromatic rings. The van der Waals surface area contributed by atoms with Crippen molar-refractivity contribution in [1.29, 1.82) is 0 Å². The van der Waals surface area contributed by atoms with E-state index >= 15 is 0 Å². The third kappa shape index (κ3) is 11.7. The zero-order valence-corrected chi connectivity index (χ0v) is 20.2. The fourth-order valence-corrected chi connectivity index (χ4v) is 2.86. The molecule has 0 spiro atoms. The van der Waals surface area contributed by atoms with Gasteiger partial charge in [0.2, 0.25) is 5.91 Å². The van der Waals surface area contributed by atoms with Gasteiger partial charge in [-0.1, -0.05) is 60.7 Å². The minimum absolute atomic E-state index is 0.0145. The maximum atomic E-state index is 12.7. The van der Waals surface area contributed by atoms with Crippen LogP contribution in [-0.4, -0.2) is 42.1 Å². The van der Waals surface area contributed by atoms with Gasteiger partial charge < -0.3 is 24.8 Å². The van der Waals surface area contributed by atoms with Crippen molar-refractivity contribution < 1.29 is 33.4 Å². The zero-order valence-electron chi connectivity index (χ0n) is 20.2. The van der Waals surface area contributed by atoms with Crippen molar-refractivity contribution in [2.24, 2.45) is 0 Å². The molecule has 0 fully saturated rings. The average Bonchev–Trinajstić information content (AvgIpc) is 2.82. The van der Waals surface area contributed by atoms with Crippen LogP contribution >= 0.6 is 0 Å². The lowest BCUT2D eigenvalue weighted by molar-refractivity contribution is -0.150. The van der Waals surface area contributed by atoms with Crippen LogP contribution in [0, 0.1) is 0 Å². The number of hydrogen-bond donors (Lipinski definition) is 2. The number of alkyl carbamates (subject to hydrolysis) is 1. The Labute approximate surface area is 205 Å². The standard InChI is InChI=1S/C26H32N2O7/c1-26(2,3)35-25(32)27-16-22(29)28-21(24(31)34-18-20-12-8-5-9-13-20)14-15-23(30)33-17-19-10-6-4-7-11-19/h4-13,21H,14-18H2,1-3H3,(H,27,32)(H,28,29). The van der Waals surface area contributed by atoms with Crippen molar-refractivity contribution in [2.45, 2.75) is 58.5 Å². The summed E-state index contributed by atoms with van der Waals surface area (Å²) < 4.78 is 15.7. The van der Waals surface area contributed by atoms with Crippen LogP contribution < -0.4 is 10.6 Å². The van der Waals surface area contributed by atoms with Crippen LogP contribution in [0.1, 0.15) is 44.7 Å². The molecule has 2 rings (SSSR count). The number of amides is 2. The van der Waals surface area contributed by atoms with E-state index < -0.39 is 42.1 Å². The van der Waals surface area contributed by atoms with Gasteiger partial charge in [-0.05, 0) is 38.3 Å². The minimum atomic E-state index is -1.10. The Hall–Kier alpha value is -3.88. The fourth-order valence-electron chi connectivity index (χ4n) is 2.86. The Balaban J connectivity index is 1.90. The molecule has 0 bridgehead atoms. The highest BCUT2D eigenvalue weighted by atomic mass is 16.6. The van der Waals surface area contributed by atoms with Gasteiger partial charge in [0.05, 0.1) is 0 Å². The summed E-state index contributed by atoms with van der Waals surface area (Å²) in [5.41, 5.74) is 0.894. The first-order valence-electron chi connectivity index (χ1n) is 11.3. The quantitative estimate of drug-likeness (QED) is 0.371. The van der Waals surface area contributed by atoms with Gasteiger partial charge in [0.15, 0.2) is 0 Å². The van der Waals surface area contributed by atoms with E-state index in [0.29, 0.717) is 0 Å². The van der Waals surface area contributed by atoms with Crippen molar-refractivity contribution in [3.63, 3.8) is 0 Å². The van der Waals surface area contributed by atoms with Crippen LogP contribution in [0.5, 0.6) is 0 Å². The number of carbonyl (C=O) groups excluding carboxylic acids is 4. The van der Waals surface area contributed by atoms with Crippen molar-refractivity contribution >= 4 is 23.9 Å². The molecule has 2 amide bonds. The second-order valence-corrected chi connectivity index (χ2v) is 8.75. The predicted molar refractivity (Wildman–Crippen MR) is 128 cm³/mol. The van der Waals surface area contributed by atoms with Gasteiger partial charge >= 0.3 is 18.0 Å². The molecule has 0 aromatic heterocycles. The first-order chi connectivity index (χ1) is 16.6. The molecule has 0 radical (unpaired) electrons. The number of rotatable bonds is 11. The highest BCUT2D eigenvalue weighted by molar-refractivity contribution is 5.87. The number of benzene rings is 2. The third-order valence-electron chi connectivity index (χ3n) is 4.52. The number of hydrogen-bond acceptors (Lipinski definition) is 7. The smallest absolute Gasteiger partial charge is 0.408 e. The van der Waals surface area contributed by atoms with E-state index in [9.17, 15) is 19.2 Å². The number of ether oxygens (including phenoxy) is 3. The molecule has 188 valence electrons. The monoisotopic (exact) mass is 484 g/mol. The van der Waals surface area contributed by atoms with Crippen molar-refractivity contribution in [1.82, 2.24) is 10.6 Å². The summed E-state index contributed by atoms with van der Waals surface area (Å²) in [6.45, 7) is 4.80. The largest absolute Gasteiger partial charge is 0.461 e. The Morgan fingerprint density at radius 1 is 0.829 bits per heavy atom. The number of esters is 2. The molecule has 0 heterocycles. The molecule has 9 heteroatoms. The lowest BCUT2D eigenvalue weighted by Gasteiger charge is -2.20. The first-order valence-corrected chi connectivity index (χ1v) is 11.3. The maximum Gasteiger partial charge on any atom is 0.408 e. The molecule has 1 unspecified atom stereocenters. The second kappa shape index (κ2) is 13.7. The highest BCUT2D eigenvalue weighted by Crippen LogP contribution is 2.09. The van der Waals surface area contributed by atoms with Crippen molar-refractivity contribution in [3.05, 3.63) is 71.8 Å². The van der Waals surface area contributed by atoms with Gasteiger partial charge in [0, 0.05) is 6.42 Å². The van der Waals surface area contributed by atoms with Crippen LogP contribution in [-0.2, 0) is 41.8 Å². The van der Waals surface area contributed by atoms with Crippen LogP contribution in [0.25, 0.3) is 0 Å². The third-order valence-corrected chi connectivity index (χ3v) is 4.52. The van der Waals surface area contributed by atoms with E-state index in [4.69, 9.17) is 14.2 Å². The maximum absolute atomic E-state index is 12.7. The summed E-state index contributed by atoms with van der Waals surface area (Å²) in [5.74, 6) is -1.85. The van der Waals surface area contributed by atoms with E-state index in [-0.39, 0.29) is 26.1 Å². The Bertz CT molecular complexity index is 972. The molecular weight excluding hydrogens is 452 g/mol. The summed E-state index contributed by atoms with van der Waals surface area (Å²) in [6, 6.07) is 17.1. The summed E-state index contributed by atoms with van der Waals surface area (Å²) in [4.78, 5) is 49.0. The average molecular weight is 485 g/mol. The molecule has 0 saturated heterocycles. The lowest BCUT2D eigenvalue weighted by atomic mass is 10.1. The minimum Gasteiger partial charge on any atom is -0.461 e. The molecule has 35 heavy (non-hydrogen) atoms. The molecule has 2 N–H and O–H groups in total. The molecule has 0 aliphatic heterocycles. The van der Waals surface area contributed by atoms with Gasteiger partial charge in [-0.15, -0.1) is 0 Å². The van der Waals surface area contributed by atoms with Crippen molar-refractivity contribution in [2.75, 3.05) is 6.54 Å². The predicted octanol–water partition coefficient (Wildman–Crippen LogP) is 3.26. The van der Waals surface area contributed by atoms with E-state index in [1.807, 2.05) is 48.5 Å². The van der Waals surface area contributed by atoms with E-state index in [2.05, 4.69) is 10.6 Å². The SMILES string of the molecule is CC(C)(C)OC(=O)NCC(=O)NC(CCC(=O)OCc1ccccc1)C(=O)OCc1ccccc1. The van der Waals surface area contributed by atoms with Crippen LogP contribution in [0.2, 0.25) is 0 Å². The molecule has 2 aromatic carbocycles. The normalized spacial score (nSPS) is 11.6. The molecule has 0 aliphatic rings. The Morgan fingerprint density at radius 3 is 1.91 bits per heavy atom. The summed E-state index contributed by atoms with van der Waals surface area (Å²) in [6.07, 6.45) is -0.905. The summed E-state index contributed by atoms with van der Waals surface area (Å²) in [5, 5.41) is 4.84. The summed E-state index contributed by atoms with van der Waals surface area (Å²) >= 11 is 0. The van der Waals surface area contributed by atoms with E-state index in [0.717, 1.165) is 11.1 Å². The number of nitrogens with one attached hydrogen (secondary N) is 2. The summed E-state index contributed by atoms with van der Waals surface area (Å²) in [7, 11) is 0. The van der Waals surface area contributed by atoms with Gasteiger partial charge in [0.1, 0.15) is 31.4 Å². The van der Waals surface area contributed by atoms with Crippen LogP contribution in [0.4, 0.5) is 4.79 Å². The van der Waals surface area contributed by atoms with Gasteiger partial charge in [-0.2, -0.15) is 0 Å². The molecule has 1 atom stereocenters. The van der Waals surface area contributed by atoms with Gasteiger partial charge in [-0.25, -0.2) is 9.59 Å². The van der Waals surface area contributed by atoms with E-state index in [1.54, 1.807) is 32.9 Å². The molecule has 0 saturated carbocycles. The Morgan fingerprint density at radius 2 is 1.37 bits per heavy atom. The lowest BCUT2D eigenvalue weighted by Crippen LogP contribution is -2.47. The van der Waals surface area contributed by atoms with E-state index in [1.165, 1.54) is 0 Å². The number of carbonyl (C=O) groups is 4. The highest BCUT2D eigenvalue weighted by Gasteiger charge is 2.24. The second-order valence-electron chi connectivity index (χ2n) is 8.75. The fraction of sp³-hybridized carbons (Fsp3) is 0.385. The first kappa shape index (κ1) is 27.4. The van der Waals surface area contributed by atoms with Crippen LogP contribution in [0.15, 0.2) is 60.7 Å². The molecular formula is C26H32N2O7. The van der Waals surface area contributed by atoms with Gasteiger partial charge in [0.25, 0.3) is 0 Å². The van der Waals surface area contributed by atoms with Crippen LogP contribution in [0.3, 0.4) is 0 Å². The Kier molecular flexibility index (Phi) is 10.7. The zero-order chi connectivity index (χ0) is 25.7. The van der Waals surface area contributed by atoms with Crippen molar-refractivity contribution in [3.8, 4) is 0 Å². The topological polar surface area (TPSA) is 120 Å². The molecule has 9 nitrogen and oxygen atoms in total. The van der Waals surface area contributed by atoms with Gasteiger partial charge in [-0.3, -0.25) is 9.59 Å². The molecule has 0 aliphatic carbocycles.